The van der Waals surface area contributed by atoms with Gasteiger partial charge in [-0.2, -0.15) is 0 Å². The van der Waals surface area contributed by atoms with Crippen LogP contribution in [-0.2, 0) is 17.9 Å². The smallest absolute Gasteiger partial charge is 0.0713 e. The van der Waals surface area contributed by atoms with E-state index in [4.69, 9.17) is 4.74 Å². The van der Waals surface area contributed by atoms with Crippen LogP contribution in [0.25, 0.3) is 0 Å². The summed E-state index contributed by atoms with van der Waals surface area (Å²) in [5, 5.41) is 3.48. The van der Waals surface area contributed by atoms with Gasteiger partial charge in [0, 0.05) is 25.9 Å². The van der Waals surface area contributed by atoms with Crippen LogP contribution in [0.2, 0.25) is 0 Å². The first kappa shape index (κ1) is 13.7. The normalized spacial score (nSPS) is 12.3. The van der Waals surface area contributed by atoms with Gasteiger partial charge in [0.1, 0.15) is 0 Å². The van der Waals surface area contributed by atoms with Crippen molar-refractivity contribution in [2.24, 2.45) is 0 Å². The van der Waals surface area contributed by atoms with Gasteiger partial charge in [0.25, 0.3) is 0 Å². The molecule has 0 unspecified atom stereocenters. The molecule has 1 aromatic carbocycles. The summed E-state index contributed by atoms with van der Waals surface area (Å²) in [6, 6.07) is 14.7. The Labute approximate surface area is 114 Å². The van der Waals surface area contributed by atoms with Gasteiger partial charge >= 0.3 is 0 Å². The van der Waals surface area contributed by atoms with Gasteiger partial charge in [-0.05, 0) is 30.2 Å². The van der Waals surface area contributed by atoms with Crippen molar-refractivity contribution in [2.75, 3.05) is 7.11 Å². The molecule has 19 heavy (non-hydrogen) atoms. The van der Waals surface area contributed by atoms with E-state index in [2.05, 4.69) is 41.5 Å². The van der Waals surface area contributed by atoms with Crippen molar-refractivity contribution < 1.29 is 4.74 Å². The quantitative estimate of drug-likeness (QED) is 0.862. The van der Waals surface area contributed by atoms with Crippen LogP contribution < -0.4 is 5.32 Å². The SMILES string of the molecule is COCc1cccc(CN[C@@H](C)c2ccccn2)c1. The highest BCUT2D eigenvalue weighted by atomic mass is 16.5. The standard InChI is InChI=1S/C16H20N2O/c1-13(16-8-3-4-9-17-16)18-11-14-6-5-7-15(10-14)12-19-2/h3-10,13,18H,11-12H2,1-2H3/t13-/m0/s1. The van der Waals surface area contributed by atoms with Crippen molar-refractivity contribution in [3.63, 3.8) is 0 Å². The summed E-state index contributed by atoms with van der Waals surface area (Å²) in [5.74, 6) is 0. The van der Waals surface area contributed by atoms with Crippen molar-refractivity contribution in [3.05, 3.63) is 65.5 Å². The number of pyridine rings is 1. The Morgan fingerprint density at radius 1 is 1.16 bits per heavy atom. The zero-order valence-electron chi connectivity index (χ0n) is 11.5. The number of methoxy groups -OCH3 is 1. The zero-order valence-corrected chi connectivity index (χ0v) is 11.5. The highest BCUT2D eigenvalue weighted by Crippen LogP contribution is 2.11. The second-order valence-corrected chi connectivity index (χ2v) is 4.61. The van der Waals surface area contributed by atoms with E-state index in [0.717, 1.165) is 12.2 Å². The Hall–Kier alpha value is -1.71. The maximum absolute atomic E-state index is 5.15. The number of aromatic nitrogens is 1. The summed E-state index contributed by atoms with van der Waals surface area (Å²) < 4.78 is 5.15. The molecule has 3 heteroatoms. The van der Waals surface area contributed by atoms with Crippen LogP contribution in [-0.4, -0.2) is 12.1 Å². The van der Waals surface area contributed by atoms with Gasteiger partial charge in [-0.3, -0.25) is 4.98 Å². The average molecular weight is 256 g/mol. The molecule has 0 fully saturated rings. The predicted octanol–water partition coefficient (Wildman–Crippen LogP) is 3.08. The second kappa shape index (κ2) is 7.02. The molecule has 1 aromatic heterocycles. The van der Waals surface area contributed by atoms with Crippen LogP contribution in [0.1, 0.15) is 29.8 Å². The molecule has 1 atom stereocenters. The molecule has 1 N–H and O–H groups in total. The van der Waals surface area contributed by atoms with Crippen LogP contribution in [0.5, 0.6) is 0 Å². The predicted molar refractivity (Wildman–Crippen MR) is 76.6 cm³/mol. The van der Waals surface area contributed by atoms with Crippen LogP contribution in [0.15, 0.2) is 48.7 Å². The minimum absolute atomic E-state index is 0.243. The number of nitrogens with zero attached hydrogens (tertiary/aromatic N) is 1. The largest absolute Gasteiger partial charge is 0.380 e. The second-order valence-electron chi connectivity index (χ2n) is 4.61. The summed E-state index contributed by atoms with van der Waals surface area (Å²) in [7, 11) is 1.72. The van der Waals surface area contributed by atoms with Crippen LogP contribution >= 0.6 is 0 Å². The highest BCUT2D eigenvalue weighted by molar-refractivity contribution is 5.23. The zero-order chi connectivity index (χ0) is 13.5. The summed E-state index contributed by atoms with van der Waals surface area (Å²) in [4.78, 5) is 4.36. The minimum Gasteiger partial charge on any atom is -0.380 e. The van der Waals surface area contributed by atoms with Crippen molar-refractivity contribution in [1.82, 2.24) is 10.3 Å². The Balaban J connectivity index is 1.93. The summed E-state index contributed by atoms with van der Waals surface area (Å²) >= 11 is 0. The lowest BCUT2D eigenvalue weighted by Crippen LogP contribution is -2.19. The average Bonchev–Trinajstić information content (AvgIpc) is 2.46. The molecule has 2 rings (SSSR count). The molecular weight excluding hydrogens is 236 g/mol. The molecule has 0 aliphatic carbocycles. The number of hydrogen-bond donors (Lipinski definition) is 1. The van der Waals surface area contributed by atoms with Crippen LogP contribution in [0, 0.1) is 0 Å². The Bertz CT molecular complexity index is 499. The molecule has 0 saturated heterocycles. The Kier molecular flexibility index (Phi) is 5.07. The van der Waals surface area contributed by atoms with Gasteiger partial charge in [-0.1, -0.05) is 30.3 Å². The summed E-state index contributed by atoms with van der Waals surface area (Å²) in [5.41, 5.74) is 3.53. The molecule has 0 aliphatic rings. The lowest BCUT2D eigenvalue weighted by molar-refractivity contribution is 0.185. The first-order chi connectivity index (χ1) is 9.29. The maximum atomic E-state index is 5.15. The van der Waals surface area contributed by atoms with Crippen molar-refractivity contribution in [1.29, 1.82) is 0 Å². The molecule has 0 radical (unpaired) electrons. The van der Waals surface area contributed by atoms with Gasteiger partial charge in [-0.25, -0.2) is 0 Å². The minimum atomic E-state index is 0.243. The van der Waals surface area contributed by atoms with Crippen LogP contribution in [0.4, 0.5) is 0 Å². The third-order valence-electron chi connectivity index (χ3n) is 3.05. The first-order valence-corrected chi connectivity index (χ1v) is 6.50. The van der Waals surface area contributed by atoms with E-state index in [1.165, 1.54) is 11.1 Å². The number of rotatable bonds is 6. The number of nitrogens with one attached hydrogen (secondary N) is 1. The van der Waals surface area contributed by atoms with Crippen molar-refractivity contribution in [3.8, 4) is 0 Å². The Morgan fingerprint density at radius 3 is 2.74 bits per heavy atom. The number of hydrogen-bond acceptors (Lipinski definition) is 3. The molecule has 100 valence electrons. The van der Waals surface area contributed by atoms with E-state index >= 15 is 0 Å². The van der Waals surface area contributed by atoms with E-state index in [-0.39, 0.29) is 6.04 Å². The molecule has 0 amide bonds. The van der Waals surface area contributed by atoms with Gasteiger partial charge in [0.2, 0.25) is 0 Å². The summed E-state index contributed by atoms with van der Waals surface area (Å²) in [6.45, 7) is 3.61. The van der Waals surface area contributed by atoms with E-state index < -0.39 is 0 Å². The molecule has 1 heterocycles. The molecule has 0 bridgehead atoms. The molecule has 2 aromatic rings. The molecule has 0 aliphatic heterocycles. The third-order valence-corrected chi connectivity index (χ3v) is 3.05. The van der Waals surface area contributed by atoms with Gasteiger partial charge in [0.15, 0.2) is 0 Å². The third kappa shape index (κ3) is 4.16. The summed E-state index contributed by atoms with van der Waals surface area (Å²) in [6.07, 6.45) is 1.83. The van der Waals surface area contributed by atoms with E-state index in [1.807, 2.05) is 24.4 Å². The fraction of sp³-hybridized carbons (Fsp3) is 0.312. The van der Waals surface area contributed by atoms with Gasteiger partial charge in [0.05, 0.1) is 12.3 Å². The maximum Gasteiger partial charge on any atom is 0.0713 e. The highest BCUT2D eigenvalue weighted by Gasteiger charge is 2.05. The monoisotopic (exact) mass is 256 g/mol. The molecule has 3 nitrogen and oxygen atoms in total. The van der Waals surface area contributed by atoms with E-state index in [1.54, 1.807) is 7.11 Å². The molecular formula is C16H20N2O. The molecule has 0 saturated carbocycles. The lowest BCUT2D eigenvalue weighted by Gasteiger charge is -2.13. The van der Waals surface area contributed by atoms with E-state index in [0.29, 0.717) is 6.61 Å². The number of benzene rings is 1. The van der Waals surface area contributed by atoms with E-state index in [9.17, 15) is 0 Å². The topological polar surface area (TPSA) is 34.1 Å². The number of ether oxygens (including phenoxy) is 1. The fourth-order valence-electron chi connectivity index (χ4n) is 2.00. The van der Waals surface area contributed by atoms with Gasteiger partial charge in [-0.15, -0.1) is 0 Å². The van der Waals surface area contributed by atoms with Crippen molar-refractivity contribution >= 4 is 0 Å². The first-order valence-electron chi connectivity index (χ1n) is 6.50. The molecule has 0 spiro atoms. The van der Waals surface area contributed by atoms with Crippen molar-refractivity contribution in [2.45, 2.75) is 26.1 Å². The van der Waals surface area contributed by atoms with Gasteiger partial charge < -0.3 is 10.1 Å². The van der Waals surface area contributed by atoms with Crippen LogP contribution in [0.3, 0.4) is 0 Å². The fourth-order valence-corrected chi connectivity index (χ4v) is 2.00. The Morgan fingerprint density at radius 2 is 2.00 bits per heavy atom. The lowest BCUT2D eigenvalue weighted by atomic mass is 10.1.